The summed E-state index contributed by atoms with van der Waals surface area (Å²) < 4.78 is 6.98. The number of nitrogens with zero attached hydrogens (tertiary/aromatic N) is 1. The minimum absolute atomic E-state index is 0.0435. The molecule has 0 bridgehead atoms. The zero-order valence-corrected chi connectivity index (χ0v) is 40.1. The average Bonchev–Trinajstić information content (AvgIpc) is 4.00. The Bertz CT molecular complexity index is 3800. The normalized spacial score (nSPS) is 13.5. The molecule has 0 radical (unpaired) electrons. The van der Waals surface area contributed by atoms with Crippen molar-refractivity contribution in [2.24, 2.45) is 0 Å². The van der Waals surface area contributed by atoms with E-state index < -0.39 is 5.41 Å². The molecule has 0 aliphatic heterocycles. The molecule has 2 heteroatoms. The van der Waals surface area contributed by atoms with Crippen molar-refractivity contribution in [3.63, 3.8) is 0 Å². The summed E-state index contributed by atoms with van der Waals surface area (Å²) in [6.45, 7) is 14.0. The molecule has 1 spiro atoms. The van der Waals surface area contributed by atoms with Crippen LogP contribution in [0.1, 0.15) is 74.9 Å². The summed E-state index contributed by atoms with van der Waals surface area (Å²) in [4.78, 5) is 2.48. The van der Waals surface area contributed by atoms with Crippen LogP contribution >= 0.6 is 0 Å². The SMILES string of the molecule is CC(C)(C)c1ccc2c(c1)C1(c3ccccc3-c3ccc(N(c4ccccc4-c4cccc5cccc(-c6ccccc6)c45)c4cccc5c4oc4ccccc45)cc31)c1cc(C(C)(C)C)ccc1-2. The van der Waals surface area contributed by atoms with Crippen LogP contribution in [0.2, 0.25) is 0 Å². The Labute approximate surface area is 405 Å². The Balaban J connectivity index is 1.13. The highest BCUT2D eigenvalue weighted by molar-refractivity contribution is 6.13. The van der Waals surface area contributed by atoms with E-state index in [9.17, 15) is 0 Å². The molecule has 0 unspecified atom stereocenters. The van der Waals surface area contributed by atoms with E-state index in [-0.39, 0.29) is 10.8 Å². The lowest BCUT2D eigenvalue weighted by atomic mass is 9.68. The predicted octanol–water partition coefficient (Wildman–Crippen LogP) is 18.5. The first-order valence-corrected chi connectivity index (χ1v) is 24.4. The van der Waals surface area contributed by atoms with Crippen molar-refractivity contribution in [1.82, 2.24) is 0 Å². The first-order chi connectivity index (χ1) is 33.5. The zero-order valence-electron chi connectivity index (χ0n) is 40.1. The highest BCUT2D eigenvalue weighted by atomic mass is 16.3. The van der Waals surface area contributed by atoms with Crippen molar-refractivity contribution in [2.75, 3.05) is 4.90 Å². The fourth-order valence-corrected chi connectivity index (χ4v) is 11.9. The van der Waals surface area contributed by atoms with Gasteiger partial charge in [-0.25, -0.2) is 0 Å². The zero-order chi connectivity index (χ0) is 46.8. The van der Waals surface area contributed by atoms with Gasteiger partial charge < -0.3 is 9.32 Å². The molecule has 69 heavy (non-hydrogen) atoms. The Morgan fingerprint density at radius 3 is 1.61 bits per heavy atom. The molecule has 0 amide bonds. The van der Waals surface area contributed by atoms with Crippen LogP contribution in [0, 0.1) is 0 Å². The van der Waals surface area contributed by atoms with Gasteiger partial charge in [0.2, 0.25) is 0 Å². The fourth-order valence-electron chi connectivity index (χ4n) is 11.9. The first-order valence-electron chi connectivity index (χ1n) is 24.4. The molecule has 0 N–H and O–H groups in total. The third-order valence-corrected chi connectivity index (χ3v) is 15.2. The van der Waals surface area contributed by atoms with Crippen LogP contribution < -0.4 is 4.90 Å². The Morgan fingerprint density at radius 1 is 0.377 bits per heavy atom. The molecule has 10 aromatic carbocycles. The van der Waals surface area contributed by atoms with Gasteiger partial charge in [0, 0.05) is 22.0 Å². The smallest absolute Gasteiger partial charge is 0.159 e. The molecule has 1 aromatic heterocycles. The number of para-hydroxylation sites is 3. The molecule has 332 valence electrons. The van der Waals surface area contributed by atoms with E-state index in [4.69, 9.17) is 4.42 Å². The van der Waals surface area contributed by atoms with Crippen molar-refractivity contribution < 1.29 is 4.42 Å². The summed E-state index contributed by atoms with van der Waals surface area (Å²) in [6, 6.07) is 79.3. The largest absolute Gasteiger partial charge is 0.454 e. The molecule has 0 fully saturated rings. The molecule has 2 aliphatic rings. The summed E-state index contributed by atoms with van der Waals surface area (Å²) in [6.07, 6.45) is 0. The van der Waals surface area contributed by atoms with Crippen LogP contribution in [-0.4, -0.2) is 0 Å². The molecule has 0 saturated heterocycles. The van der Waals surface area contributed by atoms with Gasteiger partial charge in [-0.3, -0.25) is 0 Å². The van der Waals surface area contributed by atoms with E-state index in [2.05, 4.69) is 259 Å². The molecular formula is C67H53NO. The lowest BCUT2D eigenvalue weighted by Crippen LogP contribution is -2.27. The molecule has 0 saturated carbocycles. The lowest BCUT2D eigenvalue weighted by molar-refractivity contribution is 0.586. The van der Waals surface area contributed by atoms with E-state index in [0.717, 1.165) is 44.6 Å². The average molecular weight is 888 g/mol. The van der Waals surface area contributed by atoms with Crippen molar-refractivity contribution in [2.45, 2.75) is 57.8 Å². The topological polar surface area (TPSA) is 16.4 Å². The highest BCUT2D eigenvalue weighted by Crippen LogP contribution is 2.64. The van der Waals surface area contributed by atoms with E-state index in [1.54, 1.807) is 0 Å². The number of hydrogen-bond acceptors (Lipinski definition) is 2. The van der Waals surface area contributed by atoms with E-state index in [1.807, 2.05) is 0 Å². The third-order valence-electron chi connectivity index (χ3n) is 15.2. The second-order valence-electron chi connectivity index (χ2n) is 21.2. The molecule has 2 aliphatic carbocycles. The molecule has 11 aromatic rings. The van der Waals surface area contributed by atoms with Crippen molar-refractivity contribution in [3.05, 3.63) is 246 Å². The van der Waals surface area contributed by atoms with Gasteiger partial charge in [-0.1, -0.05) is 224 Å². The molecule has 2 nitrogen and oxygen atoms in total. The molecule has 1 heterocycles. The molecular weight excluding hydrogens is 835 g/mol. The van der Waals surface area contributed by atoms with Crippen LogP contribution in [0.5, 0.6) is 0 Å². The van der Waals surface area contributed by atoms with Crippen LogP contribution in [0.4, 0.5) is 17.1 Å². The minimum atomic E-state index is -0.564. The molecule has 0 atom stereocenters. The Kier molecular flexibility index (Phi) is 8.99. The number of hydrogen-bond donors (Lipinski definition) is 0. The second-order valence-corrected chi connectivity index (χ2v) is 21.2. The molecule has 13 rings (SSSR count). The van der Waals surface area contributed by atoms with E-state index in [0.29, 0.717) is 0 Å². The lowest BCUT2D eigenvalue weighted by Gasteiger charge is -2.34. The number of furan rings is 1. The Morgan fingerprint density at radius 2 is 0.899 bits per heavy atom. The van der Waals surface area contributed by atoms with Gasteiger partial charge in [0.05, 0.1) is 16.8 Å². The number of rotatable bonds is 5. The van der Waals surface area contributed by atoms with Crippen LogP contribution in [0.25, 0.3) is 77.2 Å². The van der Waals surface area contributed by atoms with Crippen LogP contribution in [-0.2, 0) is 16.2 Å². The van der Waals surface area contributed by atoms with Crippen molar-refractivity contribution in [3.8, 4) is 44.5 Å². The van der Waals surface area contributed by atoms with Gasteiger partial charge in [0.1, 0.15) is 5.58 Å². The second kappa shape index (κ2) is 15.0. The monoisotopic (exact) mass is 887 g/mol. The van der Waals surface area contributed by atoms with Crippen molar-refractivity contribution >= 4 is 49.8 Å². The van der Waals surface area contributed by atoms with E-state index in [1.165, 1.54) is 83.1 Å². The van der Waals surface area contributed by atoms with Gasteiger partial charge in [-0.2, -0.15) is 0 Å². The quantitative estimate of drug-likeness (QED) is 0.171. The standard InChI is InChI=1S/C67H53NO/c1-65(2,3)44-33-36-49-50-37-34-45(66(4,5)6)40-58(50)67(57(49)39-44)56-29-13-10-23-48(56)51-38-35-46(41-59(51)67)68(61-31-18-28-55-53-25-12-15-32-62(53)69-64(55)61)60-30-14-11-24-52(60)54-27-17-22-43-21-16-26-47(63(43)54)42-19-8-7-9-20-42/h7-41H,1-6H3. The first kappa shape index (κ1) is 41.3. The Hall–Kier alpha value is -7.94. The summed E-state index contributed by atoms with van der Waals surface area (Å²) in [5, 5.41) is 4.63. The van der Waals surface area contributed by atoms with Gasteiger partial charge >= 0.3 is 0 Å². The fraction of sp³-hybridized carbons (Fsp3) is 0.134. The van der Waals surface area contributed by atoms with Gasteiger partial charge in [0.15, 0.2) is 5.58 Å². The maximum atomic E-state index is 6.98. The van der Waals surface area contributed by atoms with E-state index >= 15 is 0 Å². The number of benzene rings is 10. The maximum absolute atomic E-state index is 6.98. The predicted molar refractivity (Wildman–Crippen MR) is 290 cm³/mol. The number of fused-ring (bicyclic) bond motifs is 14. The van der Waals surface area contributed by atoms with Gasteiger partial charge in [-0.05, 0) is 124 Å². The summed E-state index contributed by atoms with van der Waals surface area (Å²) >= 11 is 0. The minimum Gasteiger partial charge on any atom is -0.454 e. The maximum Gasteiger partial charge on any atom is 0.159 e. The van der Waals surface area contributed by atoms with Crippen LogP contribution in [0.3, 0.4) is 0 Å². The summed E-state index contributed by atoms with van der Waals surface area (Å²) in [5.74, 6) is 0. The van der Waals surface area contributed by atoms with Crippen LogP contribution in [0.15, 0.2) is 217 Å². The summed E-state index contributed by atoms with van der Waals surface area (Å²) in [5.41, 5.74) is 22.1. The van der Waals surface area contributed by atoms with Crippen molar-refractivity contribution in [1.29, 1.82) is 0 Å². The number of anilines is 3. The third kappa shape index (κ3) is 6.11. The highest BCUT2D eigenvalue weighted by Gasteiger charge is 2.52. The van der Waals surface area contributed by atoms with Gasteiger partial charge in [-0.15, -0.1) is 0 Å². The van der Waals surface area contributed by atoms with Gasteiger partial charge in [0.25, 0.3) is 0 Å². The summed E-state index contributed by atoms with van der Waals surface area (Å²) in [7, 11) is 0.